The minimum absolute atomic E-state index is 0.0350. The Labute approximate surface area is 236 Å². The Balaban J connectivity index is 1.36. The summed E-state index contributed by atoms with van der Waals surface area (Å²) >= 11 is 6.29. The summed E-state index contributed by atoms with van der Waals surface area (Å²) in [5, 5.41) is 2.02. The average molecular weight is 575 g/mol. The highest BCUT2D eigenvalue weighted by molar-refractivity contribution is 7.87. The molecule has 2 saturated heterocycles. The molecule has 8 nitrogen and oxygen atoms in total. The first kappa shape index (κ1) is 26.1. The normalized spacial score (nSPS) is 20.6. The summed E-state index contributed by atoms with van der Waals surface area (Å²) in [5.41, 5.74) is 2.34. The van der Waals surface area contributed by atoms with E-state index in [1.165, 1.54) is 24.3 Å². The Bertz CT molecular complexity index is 1700. The SMILES string of the molecule is Cc1c(Cl)cccc1N1C(=O)[C@H]2[C@@H](ON(c3ccccc3)[C@H]2c2ccc(OS(=O)(=O)c3ccccc3)cc2)C1=O. The first-order valence-electron chi connectivity index (χ1n) is 12.5. The van der Waals surface area contributed by atoms with Crippen molar-refractivity contribution < 1.29 is 27.0 Å². The molecule has 0 aliphatic carbocycles. The number of amides is 2. The summed E-state index contributed by atoms with van der Waals surface area (Å²) < 4.78 is 30.7. The van der Waals surface area contributed by atoms with E-state index in [0.29, 0.717) is 27.5 Å². The summed E-state index contributed by atoms with van der Waals surface area (Å²) in [4.78, 5) is 34.8. The van der Waals surface area contributed by atoms with E-state index in [2.05, 4.69) is 0 Å². The highest BCUT2D eigenvalue weighted by Crippen LogP contribution is 2.48. The lowest BCUT2D eigenvalue weighted by Gasteiger charge is -2.29. The van der Waals surface area contributed by atoms with E-state index < -0.39 is 40.0 Å². The van der Waals surface area contributed by atoms with Gasteiger partial charge in [-0.1, -0.05) is 66.2 Å². The van der Waals surface area contributed by atoms with Crippen molar-refractivity contribution in [3.63, 3.8) is 0 Å². The monoisotopic (exact) mass is 574 g/mol. The summed E-state index contributed by atoms with van der Waals surface area (Å²) in [6.07, 6.45) is -1.05. The second-order valence-corrected chi connectivity index (χ2v) is 11.4. The predicted molar refractivity (Wildman–Crippen MR) is 149 cm³/mol. The maximum atomic E-state index is 13.9. The number of anilines is 2. The quantitative estimate of drug-likeness (QED) is 0.223. The van der Waals surface area contributed by atoms with E-state index in [1.807, 2.05) is 30.3 Å². The van der Waals surface area contributed by atoms with E-state index in [0.717, 1.165) is 4.90 Å². The van der Waals surface area contributed by atoms with Crippen molar-refractivity contribution >= 4 is 44.9 Å². The van der Waals surface area contributed by atoms with Gasteiger partial charge in [0.25, 0.3) is 5.91 Å². The number of para-hydroxylation sites is 1. The molecule has 0 aromatic heterocycles. The van der Waals surface area contributed by atoms with Crippen molar-refractivity contribution in [2.45, 2.75) is 24.0 Å². The number of nitrogens with zero attached hydrogens (tertiary/aromatic N) is 2. The Morgan fingerprint density at radius 1 is 0.800 bits per heavy atom. The minimum atomic E-state index is -4.03. The van der Waals surface area contributed by atoms with E-state index in [-0.39, 0.29) is 10.6 Å². The highest BCUT2D eigenvalue weighted by Gasteiger charge is 2.60. The minimum Gasteiger partial charge on any atom is -0.379 e. The number of hydroxylamine groups is 1. The molecular formula is C30H23ClN2O6S. The fourth-order valence-electron chi connectivity index (χ4n) is 5.11. The highest BCUT2D eigenvalue weighted by atomic mass is 35.5. The second-order valence-electron chi connectivity index (χ2n) is 9.47. The zero-order valence-corrected chi connectivity index (χ0v) is 22.7. The Hall–Kier alpha value is -4.18. The fraction of sp³-hybridized carbons (Fsp3) is 0.133. The number of fused-ring (bicyclic) bond motifs is 1. The number of halogens is 1. The molecule has 0 spiro atoms. The van der Waals surface area contributed by atoms with Crippen LogP contribution in [0.3, 0.4) is 0 Å². The van der Waals surface area contributed by atoms with Gasteiger partial charge in [-0.2, -0.15) is 8.42 Å². The molecule has 2 aliphatic heterocycles. The summed E-state index contributed by atoms with van der Waals surface area (Å²) in [5.74, 6) is -1.63. The van der Waals surface area contributed by atoms with E-state index >= 15 is 0 Å². The van der Waals surface area contributed by atoms with E-state index in [4.69, 9.17) is 20.6 Å². The lowest BCUT2D eigenvalue weighted by atomic mass is 9.90. The van der Waals surface area contributed by atoms with Crippen LogP contribution in [0.1, 0.15) is 17.2 Å². The third-order valence-corrected chi connectivity index (χ3v) is 8.74. The Kier molecular flexibility index (Phi) is 6.58. The standard InChI is InChI=1S/C30H23ClN2O6S/c1-19-24(31)13-8-14-25(19)32-29(34)26-27(33(38-28(26)30(32)35)21-9-4-2-5-10-21)20-15-17-22(18-16-20)39-40(36,37)23-11-6-3-7-12-23/h2-18,26-28H,1H3/t26-,27+,28-/m1/s1. The van der Waals surface area contributed by atoms with Gasteiger partial charge in [0.05, 0.1) is 17.4 Å². The van der Waals surface area contributed by atoms with Gasteiger partial charge in [0, 0.05) is 5.02 Å². The molecule has 0 bridgehead atoms. The average Bonchev–Trinajstić information content (AvgIpc) is 3.47. The molecule has 4 aromatic rings. The molecule has 2 amide bonds. The second kappa shape index (κ2) is 10.1. The maximum Gasteiger partial charge on any atom is 0.339 e. The molecule has 0 N–H and O–H groups in total. The molecule has 4 aromatic carbocycles. The smallest absolute Gasteiger partial charge is 0.339 e. The Morgan fingerprint density at radius 2 is 1.45 bits per heavy atom. The van der Waals surface area contributed by atoms with Crippen molar-refractivity contribution in [3.8, 4) is 5.75 Å². The number of imide groups is 1. The van der Waals surface area contributed by atoms with Gasteiger partial charge in [0.1, 0.15) is 16.6 Å². The molecule has 3 atom stereocenters. The molecule has 10 heteroatoms. The fourth-order valence-corrected chi connectivity index (χ4v) is 6.23. The van der Waals surface area contributed by atoms with Crippen LogP contribution in [-0.4, -0.2) is 26.3 Å². The largest absolute Gasteiger partial charge is 0.379 e. The third-order valence-electron chi connectivity index (χ3n) is 7.07. The predicted octanol–water partition coefficient (Wildman–Crippen LogP) is 5.47. The van der Waals surface area contributed by atoms with Gasteiger partial charge < -0.3 is 4.18 Å². The zero-order chi connectivity index (χ0) is 28.0. The topological polar surface area (TPSA) is 93.2 Å². The van der Waals surface area contributed by atoms with Gasteiger partial charge in [-0.15, -0.1) is 0 Å². The zero-order valence-electron chi connectivity index (χ0n) is 21.2. The maximum absolute atomic E-state index is 13.9. The first-order chi connectivity index (χ1) is 19.3. The van der Waals surface area contributed by atoms with Crippen LogP contribution in [0, 0.1) is 12.8 Å². The summed E-state index contributed by atoms with van der Waals surface area (Å²) in [7, 11) is -4.03. The van der Waals surface area contributed by atoms with Gasteiger partial charge in [0.2, 0.25) is 5.91 Å². The molecule has 2 fully saturated rings. The molecule has 2 heterocycles. The lowest BCUT2D eigenvalue weighted by molar-refractivity contribution is -0.126. The van der Waals surface area contributed by atoms with Crippen molar-refractivity contribution in [3.05, 3.63) is 119 Å². The van der Waals surface area contributed by atoms with Gasteiger partial charge in [-0.25, -0.2) is 9.96 Å². The number of benzene rings is 4. The molecule has 0 unspecified atom stereocenters. The van der Waals surface area contributed by atoms with E-state index in [1.54, 1.807) is 60.5 Å². The van der Waals surface area contributed by atoms with Crippen LogP contribution in [0.4, 0.5) is 11.4 Å². The molecule has 2 aliphatic rings. The molecule has 0 saturated carbocycles. The van der Waals surface area contributed by atoms with Crippen molar-refractivity contribution in [1.82, 2.24) is 0 Å². The number of carbonyl (C=O) groups excluding carboxylic acids is 2. The number of carbonyl (C=O) groups is 2. The van der Waals surface area contributed by atoms with Crippen LogP contribution in [0.5, 0.6) is 5.75 Å². The van der Waals surface area contributed by atoms with Crippen molar-refractivity contribution in [1.29, 1.82) is 0 Å². The number of hydrogen-bond donors (Lipinski definition) is 0. The van der Waals surface area contributed by atoms with Gasteiger partial charge in [-0.3, -0.25) is 14.4 Å². The lowest BCUT2D eigenvalue weighted by Crippen LogP contribution is -2.37. The van der Waals surface area contributed by atoms with Crippen LogP contribution >= 0.6 is 11.6 Å². The van der Waals surface area contributed by atoms with Crippen LogP contribution < -0.4 is 14.1 Å². The summed E-state index contributed by atoms with van der Waals surface area (Å²) in [6, 6.07) is 27.8. The van der Waals surface area contributed by atoms with Crippen LogP contribution in [0.25, 0.3) is 0 Å². The first-order valence-corrected chi connectivity index (χ1v) is 14.3. The molecule has 6 rings (SSSR count). The van der Waals surface area contributed by atoms with Gasteiger partial charge >= 0.3 is 10.1 Å². The van der Waals surface area contributed by atoms with Crippen molar-refractivity contribution in [2.24, 2.45) is 5.92 Å². The Morgan fingerprint density at radius 3 is 2.12 bits per heavy atom. The molecule has 0 radical (unpaired) electrons. The van der Waals surface area contributed by atoms with Crippen LogP contribution in [0.15, 0.2) is 108 Å². The molecule has 40 heavy (non-hydrogen) atoms. The molecular weight excluding hydrogens is 552 g/mol. The van der Waals surface area contributed by atoms with Gasteiger partial charge in [0.15, 0.2) is 6.10 Å². The van der Waals surface area contributed by atoms with Crippen molar-refractivity contribution in [2.75, 3.05) is 9.96 Å². The van der Waals surface area contributed by atoms with E-state index in [9.17, 15) is 18.0 Å². The number of rotatable bonds is 6. The van der Waals surface area contributed by atoms with Gasteiger partial charge in [-0.05, 0) is 66.6 Å². The van der Waals surface area contributed by atoms with Crippen LogP contribution in [-0.2, 0) is 24.5 Å². The third kappa shape index (κ3) is 4.42. The van der Waals surface area contributed by atoms with Crippen LogP contribution in [0.2, 0.25) is 5.02 Å². The molecule has 202 valence electrons. The summed E-state index contributed by atoms with van der Waals surface area (Å²) in [6.45, 7) is 1.75. The number of hydrogen-bond acceptors (Lipinski definition) is 7.